The van der Waals surface area contributed by atoms with Gasteiger partial charge in [0.2, 0.25) is 0 Å². The molecular weight excluding hydrogens is 286 g/mol. The molecular formula is C15H15N3S2. The molecule has 1 aliphatic carbocycles. The number of aryl methyl sites for hydroxylation is 2. The van der Waals surface area contributed by atoms with Crippen LogP contribution in [0.25, 0.3) is 21.6 Å². The summed E-state index contributed by atoms with van der Waals surface area (Å²) in [6, 6.07) is 2.09. The van der Waals surface area contributed by atoms with Crippen molar-refractivity contribution in [1.82, 2.24) is 9.97 Å². The molecule has 3 nitrogen and oxygen atoms in total. The van der Waals surface area contributed by atoms with Gasteiger partial charge in [-0.15, -0.1) is 11.3 Å². The predicted octanol–water partition coefficient (Wildman–Crippen LogP) is 4.34. The van der Waals surface area contributed by atoms with Crippen molar-refractivity contribution in [3.05, 3.63) is 27.3 Å². The second-order valence-electron chi connectivity index (χ2n) is 4.98. The first-order chi connectivity index (χ1) is 9.86. The Balaban J connectivity index is 1.97. The minimum absolute atomic E-state index is 0.842. The van der Waals surface area contributed by atoms with Crippen LogP contribution >= 0.6 is 22.7 Å². The van der Waals surface area contributed by atoms with E-state index in [-0.39, 0.29) is 0 Å². The molecule has 1 N–H and O–H groups in total. The van der Waals surface area contributed by atoms with Gasteiger partial charge < -0.3 is 5.32 Å². The highest BCUT2D eigenvalue weighted by atomic mass is 32.1. The van der Waals surface area contributed by atoms with E-state index in [9.17, 15) is 0 Å². The summed E-state index contributed by atoms with van der Waals surface area (Å²) < 4.78 is 0. The van der Waals surface area contributed by atoms with Crippen molar-refractivity contribution < 1.29 is 0 Å². The lowest BCUT2D eigenvalue weighted by molar-refractivity contribution is 0.917. The smallest absolute Gasteiger partial charge is 0.163 e. The second-order valence-corrected chi connectivity index (χ2v) is 6.84. The van der Waals surface area contributed by atoms with Crippen LogP contribution in [-0.4, -0.2) is 16.5 Å². The summed E-state index contributed by atoms with van der Waals surface area (Å²) in [6.07, 6.45) is 3.65. The topological polar surface area (TPSA) is 37.8 Å². The number of thiophene rings is 2. The molecule has 0 saturated heterocycles. The van der Waals surface area contributed by atoms with Crippen molar-refractivity contribution in [3.63, 3.8) is 0 Å². The highest BCUT2D eigenvalue weighted by molar-refractivity contribution is 7.19. The van der Waals surface area contributed by atoms with Crippen molar-refractivity contribution >= 4 is 38.7 Å². The van der Waals surface area contributed by atoms with E-state index in [1.54, 1.807) is 11.3 Å². The van der Waals surface area contributed by atoms with Crippen LogP contribution in [-0.2, 0) is 12.8 Å². The Kier molecular flexibility index (Phi) is 2.97. The van der Waals surface area contributed by atoms with Crippen LogP contribution in [0.2, 0.25) is 0 Å². The first kappa shape index (κ1) is 12.3. The lowest BCUT2D eigenvalue weighted by Crippen LogP contribution is -2.02. The molecule has 0 radical (unpaired) electrons. The van der Waals surface area contributed by atoms with Gasteiger partial charge in [0, 0.05) is 22.4 Å². The Labute approximate surface area is 125 Å². The Bertz CT molecular complexity index is 759. The molecule has 0 atom stereocenters. The van der Waals surface area contributed by atoms with Crippen molar-refractivity contribution in [1.29, 1.82) is 0 Å². The van der Waals surface area contributed by atoms with Crippen LogP contribution in [0.15, 0.2) is 16.8 Å². The summed E-state index contributed by atoms with van der Waals surface area (Å²) >= 11 is 3.54. The van der Waals surface area contributed by atoms with Crippen LogP contribution < -0.4 is 5.32 Å². The summed E-state index contributed by atoms with van der Waals surface area (Å²) in [6.45, 7) is 3.00. The van der Waals surface area contributed by atoms with E-state index in [2.05, 4.69) is 29.1 Å². The summed E-state index contributed by atoms with van der Waals surface area (Å²) in [4.78, 5) is 12.2. The third kappa shape index (κ3) is 1.84. The summed E-state index contributed by atoms with van der Waals surface area (Å²) in [5, 5.41) is 8.88. The molecule has 20 heavy (non-hydrogen) atoms. The van der Waals surface area contributed by atoms with Crippen molar-refractivity contribution in [2.24, 2.45) is 0 Å². The van der Waals surface area contributed by atoms with E-state index < -0.39 is 0 Å². The van der Waals surface area contributed by atoms with Gasteiger partial charge in [-0.2, -0.15) is 11.3 Å². The molecule has 0 aromatic carbocycles. The minimum Gasteiger partial charge on any atom is -0.370 e. The fourth-order valence-corrected chi connectivity index (χ4v) is 4.71. The van der Waals surface area contributed by atoms with Crippen LogP contribution in [0.4, 0.5) is 5.82 Å². The van der Waals surface area contributed by atoms with Gasteiger partial charge in [0.1, 0.15) is 10.6 Å². The van der Waals surface area contributed by atoms with Crippen molar-refractivity contribution in [3.8, 4) is 11.4 Å². The standard InChI is InChI=1S/C15H15N3S2/c1-2-16-14-12-10-4-3-5-11(10)20-15(12)18-13(17-14)9-6-7-19-8-9/h6-8H,2-5H2,1H3,(H,16,17,18). The zero-order chi connectivity index (χ0) is 13.5. The minimum atomic E-state index is 0.842. The van der Waals surface area contributed by atoms with Crippen LogP contribution in [0.3, 0.4) is 0 Å². The lowest BCUT2D eigenvalue weighted by Gasteiger charge is -2.07. The molecule has 5 heteroatoms. The molecule has 4 rings (SSSR count). The molecule has 3 aromatic heterocycles. The average molecular weight is 301 g/mol. The van der Waals surface area contributed by atoms with E-state index in [0.717, 1.165) is 28.6 Å². The first-order valence-corrected chi connectivity index (χ1v) is 8.71. The number of anilines is 1. The molecule has 0 bridgehead atoms. The third-order valence-corrected chi connectivity index (χ3v) is 5.56. The largest absolute Gasteiger partial charge is 0.370 e. The monoisotopic (exact) mass is 301 g/mol. The number of rotatable bonds is 3. The normalized spacial score (nSPS) is 13.8. The van der Waals surface area contributed by atoms with Crippen molar-refractivity contribution in [2.45, 2.75) is 26.2 Å². The Hall–Kier alpha value is -1.46. The molecule has 0 unspecified atom stereocenters. The van der Waals surface area contributed by atoms with E-state index in [0.29, 0.717) is 0 Å². The highest BCUT2D eigenvalue weighted by Gasteiger charge is 2.22. The van der Waals surface area contributed by atoms with Crippen LogP contribution in [0.5, 0.6) is 0 Å². The maximum absolute atomic E-state index is 4.80. The van der Waals surface area contributed by atoms with E-state index >= 15 is 0 Å². The van der Waals surface area contributed by atoms with Gasteiger partial charge in [-0.3, -0.25) is 0 Å². The molecule has 0 aliphatic heterocycles. The van der Waals surface area contributed by atoms with Gasteiger partial charge >= 0.3 is 0 Å². The summed E-state index contributed by atoms with van der Waals surface area (Å²) in [5.74, 6) is 1.85. The maximum atomic E-state index is 4.80. The Morgan fingerprint density at radius 2 is 2.25 bits per heavy atom. The Morgan fingerprint density at radius 1 is 1.30 bits per heavy atom. The molecule has 3 aromatic rings. The SMILES string of the molecule is CCNc1nc(-c2ccsc2)nc2sc3c(c12)CCC3. The van der Waals surface area contributed by atoms with E-state index in [1.807, 2.05) is 11.3 Å². The van der Waals surface area contributed by atoms with Gasteiger partial charge in [0.15, 0.2) is 5.82 Å². The van der Waals surface area contributed by atoms with E-state index in [1.165, 1.54) is 35.1 Å². The number of hydrogen-bond acceptors (Lipinski definition) is 5. The molecule has 0 amide bonds. The molecule has 1 aliphatic rings. The van der Waals surface area contributed by atoms with Crippen LogP contribution in [0.1, 0.15) is 23.8 Å². The third-order valence-electron chi connectivity index (χ3n) is 3.69. The molecule has 3 heterocycles. The lowest BCUT2D eigenvalue weighted by atomic mass is 10.2. The summed E-state index contributed by atoms with van der Waals surface area (Å²) in [5.41, 5.74) is 2.60. The zero-order valence-electron chi connectivity index (χ0n) is 11.3. The number of hydrogen-bond donors (Lipinski definition) is 1. The van der Waals surface area contributed by atoms with Gasteiger partial charge in [-0.1, -0.05) is 0 Å². The summed E-state index contributed by atoms with van der Waals surface area (Å²) in [7, 11) is 0. The van der Waals surface area contributed by atoms with Crippen molar-refractivity contribution in [2.75, 3.05) is 11.9 Å². The molecule has 0 spiro atoms. The predicted molar refractivity (Wildman–Crippen MR) is 86.9 cm³/mol. The number of nitrogens with one attached hydrogen (secondary N) is 1. The van der Waals surface area contributed by atoms with Gasteiger partial charge in [0.25, 0.3) is 0 Å². The fraction of sp³-hybridized carbons (Fsp3) is 0.333. The van der Waals surface area contributed by atoms with Gasteiger partial charge in [-0.05, 0) is 43.2 Å². The quantitative estimate of drug-likeness (QED) is 0.782. The molecule has 102 valence electrons. The number of nitrogens with zero attached hydrogens (tertiary/aromatic N) is 2. The van der Waals surface area contributed by atoms with E-state index in [4.69, 9.17) is 9.97 Å². The zero-order valence-corrected chi connectivity index (χ0v) is 12.9. The van der Waals surface area contributed by atoms with Gasteiger partial charge in [-0.25, -0.2) is 9.97 Å². The van der Waals surface area contributed by atoms with Gasteiger partial charge in [0.05, 0.1) is 5.39 Å². The number of fused-ring (bicyclic) bond motifs is 3. The maximum Gasteiger partial charge on any atom is 0.163 e. The number of aromatic nitrogens is 2. The molecule has 0 saturated carbocycles. The molecule has 0 fully saturated rings. The second kappa shape index (κ2) is 4.82. The Morgan fingerprint density at radius 3 is 3.05 bits per heavy atom. The first-order valence-electron chi connectivity index (χ1n) is 6.95. The average Bonchev–Trinajstić information content (AvgIpc) is 3.15. The van der Waals surface area contributed by atoms with Crippen LogP contribution in [0, 0.1) is 0 Å². The highest BCUT2D eigenvalue weighted by Crippen LogP contribution is 2.40. The fourth-order valence-electron chi connectivity index (χ4n) is 2.81.